The van der Waals surface area contributed by atoms with Gasteiger partial charge < -0.3 is 19.6 Å². The quantitative estimate of drug-likeness (QED) is 0.883. The number of aryl methyl sites for hydroxylation is 1. The van der Waals surface area contributed by atoms with Crippen molar-refractivity contribution < 1.29 is 32.6 Å². The van der Waals surface area contributed by atoms with Crippen LogP contribution in [0, 0.1) is 6.92 Å². The second-order valence-electron chi connectivity index (χ2n) is 5.23. The number of carboxylic acids is 1. The molecule has 2 N–H and O–H groups in total. The maximum Gasteiger partial charge on any atom is 0.311 e. The van der Waals surface area contributed by atoms with Gasteiger partial charge in [-0.2, -0.15) is 0 Å². The van der Waals surface area contributed by atoms with Crippen molar-refractivity contribution in [3.05, 3.63) is 23.2 Å². The number of ether oxygens (including phenoxy) is 1. The summed E-state index contributed by atoms with van der Waals surface area (Å²) in [7, 11) is 0. The number of alkyl halides is 2. The first-order chi connectivity index (χ1) is 10.3. The molecule has 6 nitrogen and oxygen atoms in total. The average molecular weight is 317 g/mol. The third-order valence-corrected chi connectivity index (χ3v) is 3.54. The number of rotatable bonds is 4. The molecule has 1 fully saturated rings. The highest BCUT2D eigenvalue weighted by Gasteiger charge is 2.42. The molecule has 1 aliphatic rings. The minimum absolute atomic E-state index is 0.00312. The predicted molar refractivity (Wildman–Crippen MR) is 71.0 cm³/mol. The number of hydrogen-bond acceptors (Lipinski definition) is 4. The van der Waals surface area contributed by atoms with Gasteiger partial charge in [-0.15, -0.1) is 0 Å². The molecule has 1 atom stereocenters. The third-order valence-electron chi connectivity index (χ3n) is 3.54. The van der Waals surface area contributed by atoms with Crippen LogP contribution in [-0.2, 0) is 16.0 Å². The molecule has 2 rings (SSSR count). The maximum atomic E-state index is 13.9. The molecule has 0 saturated carbocycles. The lowest BCUT2D eigenvalue weighted by Crippen LogP contribution is -2.47. The van der Waals surface area contributed by atoms with Gasteiger partial charge in [0.15, 0.2) is 0 Å². The smallest absolute Gasteiger partial charge is 0.311 e. The van der Waals surface area contributed by atoms with Gasteiger partial charge in [0.1, 0.15) is 12.2 Å². The number of amides is 1. The van der Waals surface area contributed by atoms with Gasteiger partial charge in [0.05, 0.1) is 24.5 Å². The first-order valence-electron chi connectivity index (χ1n) is 6.86. The molecule has 1 amide bonds. The molecule has 22 heavy (non-hydrogen) atoms. The van der Waals surface area contributed by atoms with Crippen LogP contribution in [0.15, 0.2) is 10.7 Å². The van der Waals surface area contributed by atoms with Gasteiger partial charge in [0, 0.05) is 18.6 Å². The zero-order chi connectivity index (χ0) is 16.3. The third kappa shape index (κ3) is 3.62. The Balaban J connectivity index is 2.18. The number of carbonyl (C=O) groups excluding carboxylic acids is 1. The minimum Gasteiger partial charge on any atom is -0.481 e. The molecule has 1 aromatic rings. The summed E-state index contributed by atoms with van der Waals surface area (Å²) in [6.45, 7) is 1.62. The number of carbonyl (C=O) groups is 2. The number of aliphatic carboxylic acids is 1. The Kier molecular flexibility index (Phi) is 4.80. The van der Waals surface area contributed by atoms with Crippen LogP contribution in [0.2, 0.25) is 0 Å². The molecule has 8 heteroatoms. The number of halogens is 2. The van der Waals surface area contributed by atoms with E-state index in [4.69, 9.17) is 14.3 Å². The van der Waals surface area contributed by atoms with E-state index in [1.54, 1.807) is 6.92 Å². The monoisotopic (exact) mass is 317 g/mol. The van der Waals surface area contributed by atoms with Crippen LogP contribution < -0.4 is 5.32 Å². The van der Waals surface area contributed by atoms with E-state index < -0.39 is 36.7 Å². The summed E-state index contributed by atoms with van der Waals surface area (Å²) in [5.41, 5.74) is 0.408. The second-order valence-corrected chi connectivity index (χ2v) is 5.23. The standard InChI is InChI=1S/C14H17F2NO5/c1-8-7-22-9(6-11(18)19)12(8)13(20)17-10-2-4-21-5-3-14(10,15)16/h7,10H,2-6H2,1H3,(H,17,20)(H,18,19). The molecule has 122 valence electrons. The fraction of sp³-hybridized carbons (Fsp3) is 0.571. The van der Waals surface area contributed by atoms with Crippen LogP contribution in [0.3, 0.4) is 0 Å². The molecule has 0 spiro atoms. The SMILES string of the molecule is Cc1coc(CC(=O)O)c1C(=O)NC1CCOCCC1(F)F. The minimum atomic E-state index is -3.07. The number of furan rings is 1. The second kappa shape index (κ2) is 6.43. The van der Waals surface area contributed by atoms with Crippen molar-refractivity contribution >= 4 is 11.9 Å². The van der Waals surface area contributed by atoms with Crippen molar-refractivity contribution in [2.75, 3.05) is 13.2 Å². The Morgan fingerprint density at radius 2 is 2.18 bits per heavy atom. The molecule has 0 radical (unpaired) electrons. The van der Waals surface area contributed by atoms with Crippen LogP contribution in [0.5, 0.6) is 0 Å². The summed E-state index contributed by atoms with van der Waals surface area (Å²) in [5.74, 6) is -5.04. The Bertz CT molecular complexity index is 570. The molecule has 0 bridgehead atoms. The molecule has 1 saturated heterocycles. The lowest BCUT2D eigenvalue weighted by molar-refractivity contribution is -0.136. The summed E-state index contributed by atoms with van der Waals surface area (Å²) in [6.07, 6.45) is 0.274. The highest BCUT2D eigenvalue weighted by molar-refractivity contribution is 5.97. The lowest BCUT2D eigenvalue weighted by Gasteiger charge is -2.25. The highest BCUT2D eigenvalue weighted by Crippen LogP contribution is 2.28. The van der Waals surface area contributed by atoms with E-state index in [1.165, 1.54) is 6.26 Å². The molecule has 0 aromatic carbocycles. The zero-order valence-corrected chi connectivity index (χ0v) is 12.0. The maximum absolute atomic E-state index is 13.9. The largest absolute Gasteiger partial charge is 0.481 e. The van der Waals surface area contributed by atoms with Crippen molar-refractivity contribution in [2.24, 2.45) is 0 Å². The van der Waals surface area contributed by atoms with E-state index in [9.17, 15) is 18.4 Å². The van der Waals surface area contributed by atoms with Crippen molar-refractivity contribution in [1.82, 2.24) is 5.32 Å². The first-order valence-corrected chi connectivity index (χ1v) is 6.86. The molecule has 1 aliphatic heterocycles. The Hall–Kier alpha value is -1.96. The molecular weight excluding hydrogens is 300 g/mol. The predicted octanol–water partition coefficient (Wildman–Crippen LogP) is 1.76. The number of carboxylic acid groups (broad SMARTS) is 1. The van der Waals surface area contributed by atoms with Gasteiger partial charge in [-0.05, 0) is 13.3 Å². The summed E-state index contributed by atoms with van der Waals surface area (Å²) in [4.78, 5) is 23.0. The van der Waals surface area contributed by atoms with Crippen LogP contribution in [0.4, 0.5) is 8.78 Å². The summed E-state index contributed by atoms with van der Waals surface area (Å²) in [5, 5.41) is 11.1. The fourth-order valence-corrected chi connectivity index (χ4v) is 2.38. The van der Waals surface area contributed by atoms with Crippen LogP contribution in [0.25, 0.3) is 0 Å². The van der Waals surface area contributed by atoms with Crippen LogP contribution >= 0.6 is 0 Å². The van der Waals surface area contributed by atoms with Crippen LogP contribution in [0.1, 0.15) is 34.5 Å². The van der Waals surface area contributed by atoms with Crippen molar-refractivity contribution in [2.45, 2.75) is 38.2 Å². The molecule has 1 aromatic heterocycles. The molecule has 1 unspecified atom stereocenters. The van der Waals surface area contributed by atoms with Gasteiger partial charge >= 0.3 is 5.97 Å². The Morgan fingerprint density at radius 3 is 2.86 bits per heavy atom. The summed E-state index contributed by atoms with van der Waals surface area (Å²) in [6, 6.07) is -1.35. The average Bonchev–Trinajstić information content (AvgIpc) is 2.67. The van der Waals surface area contributed by atoms with Gasteiger partial charge in [0.2, 0.25) is 0 Å². The lowest BCUT2D eigenvalue weighted by atomic mass is 10.0. The Labute approximate surface area is 125 Å². The fourth-order valence-electron chi connectivity index (χ4n) is 2.38. The first kappa shape index (κ1) is 16.4. The van der Waals surface area contributed by atoms with Gasteiger partial charge in [0.25, 0.3) is 11.8 Å². The van der Waals surface area contributed by atoms with E-state index >= 15 is 0 Å². The van der Waals surface area contributed by atoms with Gasteiger partial charge in [-0.3, -0.25) is 9.59 Å². The highest BCUT2D eigenvalue weighted by atomic mass is 19.3. The molecule has 0 aliphatic carbocycles. The molecular formula is C14H17F2NO5. The van der Waals surface area contributed by atoms with E-state index in [-0.39, 0.29) is 31.0 Å². The topological polar surface area (TPSA) is 88.8 Å². The van der Waals surface area contributed by atoms with Crippen molar-refractivity contribution in [3.63, 3.8) is 0 Å². The summed E-state index contributed by atoms with van der Waals surface area (Å²) < 4.78 is 37.9. The van der Waals surface area contributed by atoms with E-state index in [1.807, 2.05) is 0 Å². The van der Waals surface area contributed by atoms with Gasteiger partial charge in [-0.1, -0.05) is 0 Å². The molecule has 2 heterocycles. The van der Waals surface area contributed by atoms with E-state index in [0.717, 1.165) is 0 Å². The zero-order valence-electron chi connectivity index (χ0n) is 12.0. The van der Waals surface area contributed by atoms with E-state index in [0.29, 0.717) is 5.56 Å². The Morgan fingerprint density at radius 1 is 1.45 bits per heavy atom. The number of hydrogen-bond donors (Lipinski definition) is 2. The van der Waals surface area contributed by atoms with Crippen molar-refractivity contribution in [3.8, 4) is 0 Å². The van der Waals surface area contributed by atoms with E-state index in [2.05, 4.69) is 5.32 Å². The normalized spacial score (nSPS) is 21.1. The number of nitrogens with one attached hydrogen (secondary N) is 1. The van der Waals surface area contributed by atoms with Gasteiger partial charge in [-0.25, -0.2) is 8.78 Å². The van der Waals surface area contributed by atoms with Crippen LogP contribution in [-0.4, -0.2) is 42.2 Å². The summed E-state index contributed by atoms with van der Waals surface area (Å²) >= 11 is 0. The van der Waals surface area contributed by atoms with Crippen molar-refractivity contribution in [1.29, 1.82) is 0 Å².